The van der Waals surface area contributed by atoms with Crippen LogP contribution in [0.15, 0.2) is 42.5 Å². The van der Waals surface area contributed by atoms with Gasteiger partial charge in [0.1, 0.15) is 28.9 Å². The number of hydrogen-bond acceptors (Lipinski definition) is 6. The Hall–Kier alpha value is -3.76. The highest BCUT2D eigenvalue weighted by Crippen LogP contribution is 2.38. The summed E-state index contributed by atoms with van der Waals surface area (Å²) in [7, 11) is 1.59. The van der Waals surface area contributed by atoms with Crippen molar-refractivity contribution in [1.82, 2.24) is 4.98 Å². The molecule has 3 aromatic rings. The minimum atomic E-state index is -0.608. The number of rotatable bonds is 6. The Balaban J connectivity index is 2.14. The molecule has 0 fully saturated rings. The lowest BCUT2D eigenvalue weighted by Gasteiger charge is -2.16. The zero-order valence-electron chi connectivity index (χ0n) is 16.4. The summed E-state index contributed by atoms with van der Waals surface area (Å²) in [4.78, 5) is 15.4. The number of hydrogen-bond donors (Lipinski definition) is 2. The number of nitrogens with zero attached hydrogens (tertiary/aromatic N) is 2. The van der Waals surface area contributed by atoms with Crippen LogP contribution in [0.5, 0.6) is 11.5 Å². The van der Waals surface area contributed by atoms with Gasteiger partial charge in [0.25, 0.3) is 5.91 Å². The molecule has 152 valence electrons. The third-order valence-corrected chi connectivity index (χ3v) is 4.83. The third-order valence-electron chi connectivity index (χ3n) is 4.53. The van der Waals surface area contributed by atoms with E-state index >= 15 is 0 Å². The van der Waals surface area contributed by atoms with Crippen LogP contribution in [0.1, 0.15) is 11.1 Å². The highest BCUT2D eigenvalue weighted by atomic mass is 35.5. The molecule has 0 atom stereocenters. The number of carbonyl (C=O) groups is 1. The summed E-state index contributed by atoms with van der Waals surface area (Å²) in [5, 5.41) is 9.96. The quantitative estimate of drug-likeness (QED) is 0.624. The third kappa shape index (κ3) is 4.14. The van der Waals surface area contributed by atoms with E-state index in [4.69, 9.17) is 32.5 Å². The van der Waals surface area contributed by atoms with Crippen molar-refractivity contribution in [2.75, 3.05) is 19.5 Å². The summed E-state index contributed by atoms with van der Waals surface area (Å²) >= 11 is 6.32. The number of methoxy groups -OCH3 is 1. The summed E-state index contributed by atoms with van der Waals surface area (Å²) in [6, 6.07) is 14.5. The van der Waals surface area contributed by atoms with Gasteiger partial charge >= 0.3 is 0 Å². The molecule has 0 saturated carbocycles. The van der Waals surface area contributed by atoms with Crippen molar-refractivity contribution in [3.63, 3.8) is 0 Å². The second-order valence-electron chi connectivity index (χ2n) is 6.46. The molecule has 1 heterocycles. The fourth-order valence-corrected chi connectivity index (χ4v) is 3.36. The highest BCUT2D eigenvalue weighted by molar-refractivity contribution is 6.32. The van der Waals surface area contributed by atoms with Crippen LogP contribution < -0.4 is 20.9 Å². The van der Waals surface area contributed by atoms with Crippen LogP contribution in [0.3, 0.4) is 0 Å². The minimum Gasteiger partial charge on any atom is -0.497 e. The number of pyridine rings is 1. The van der Waals surface area contributed by atoms with Crippen LogP contribution in [0.4, 0.5) is 5.82 Å². The minimum absolute atomic E-state index is 0.120. The molecule has 0 spiro atoms. The predicted octanol–water partition coefficient (Wildman–Crippen LogP) is 3.70. The van der Waals surface area contributed by atoms with Gasteiger partial charge in [-0.25, -0.2) is 4.98 Å². The van der Waals surface area contributed by atoms with E-state index < -0.39 is 5.91 Å². The Labute approximate surface area is 178 Å². The molecule has 7 nitrogen and oxygen atoms in total. The Morgan fingerprint density at radius 2 is 1.87 bits per heavy atom. The van der Waals surface area contributed by atoms with Gasteiger partial charge in [0.2, 0.25) is 0 Å². The number of benzene rings is 2. The van der Waals surface area contributed by atoms with Crippen LogP contribution in [0.2, 0.25) is 5.02 Å². The van der Waals surface area contributed by atoms with Crippen molar-refractivity contribution in [3.05, 3.63) is 58.6 Å². The van der Waals surface area contributed by atoms with Gasteiger partial charge in [0.05, 0.1) is 17.8 Å². The van der Waals surface area contributed by atoms with E-state index in [1.54, 1.807) is 25.3 Å². The van der Waals surface area contributed by atoms with E-state index in [-0.39, 0.29) is 23.0 Å². The molecule has 30 heavy (non-hydrogen) atoms. The predicted molar refractivity (Wildman–Crippen MR) is 115 cm³/mol. The molecule has 0 aliphatic rings. The second-order valence-corrected chi connectivity index (χ2v) is 6.87. The first-order valence-corrected chi connectivity index (χ1v) is 9.29. The standard InChI is InChI=1S/C22H19ClN4O3/c1-12-20(14-5-8-18(17(23)9-14)30-11-19(25)28)16(10-24)22(26)27-21(12)13-3-6-15(29-2)7-4-13/h3-9H,11H2,1-2H3,(H2,25,28)(H2,26,27). The summed E-state index contributed by atoms with van der Waals surface area (Å²) in [5.41, 5.74) is 15.0. The first-order chi connectivity index (χ1) is 14.3. The van der Waals surface area contributed by atoms with E-state index in [0.717, 1.165) is 16.9 Å². The number of nitrogens with two attached hydrogens (primary N) is 2. The van der Waals surface area contributed by atoms with E-state index in [2.05, 4.69) is 11.1 Å². The number of ether oxygens (including phenoxy) is 2. The molecule has 1 aromatic heterocycles. The lowest BCUT2D eigenvalue weighted by Crippen LogP contribution is -2.20. The van der Waals surface area contributed by atoms with Gasteiger partial charge in [0.15, 0.2) is 6.61 Å². The smallest absolute Gasteiger partial charge is 0.255 e. The molecule has 3 rings (SSSR count). The van der Waals surface area contributed by atoms with Crippen LogP contribution in [-0.4, -0.2) is 24.6 Å². The number of primary amides is 1. The summed E-state index contributed by atoms with van der Waals surface area (Å²) in [5.74, 6) is 0.544. The summed E-state index contributed by atoms with van der Waals surface area (Å²) < 4.78 is 10.5. The zero-order chi connectivity index (χ0) is 21.8. The van der Waals surface area contributed by atoms with Gasteiger partial charge in [-0.2, -0.15) is 5.26 Å². The Bertz CT molecular complexity index is 1150. The molecule has 0 aliphatic heterocycles. The Morgan fingerprint density at radius 3 is 2.43 bits per heavy atom. The van der Waals surface area contributed by atoms with E-state index in [9.17, 15) is 10.1 Å². The average Bonchev–Trinajstić information content (AvgIpc) is 2.73. The van der Waals surface area contributed by atoms with Crippen molar-refractivity contribution in [2.24, 2.45) is 5.73 Å². The van der Waals surface area contributed by atoms with Crippen molar-refractivity contribution in [2.45, 2.75) is 6.92 Å². The van der Waals surface area contributed by atoms with Crippen molar-refractivity contribution < 1.29 is 14.3 Å². The van der Waals surface area contributed by atoms with E-state index in [0.29, 0.717) is 22.6 Å². The monoisotopic (exact) mass is 422 g/mol. The maximum Gasteiger partial charge on any atom is 0.255 e. The van der Waals surface area contributed by atoms with Gasteiger partial charge in [0, 0.05) is 11.1 Å². The van der Waals surface area contributed by atoms with Gasteiger partial charge < -0.3 is 20.9 Å². The molecule has 4 N–H and O–H groups in total. The van der Waals surface area contributed by atoms with Gasteiger partial charge in [-0.15, -0.1) is 0 Å². The molecular formula is C22H19ClN4O3. The molecule has 1 amide bonds. The fourth-order valence-electron chi connectivity index (χ4n) is 3.12. The number of amides is 1. The molecule has 0 bridgehead atoms. The van der Waals surface area contributed by atoms with Gasteiger partial charge in [-0.05, 0) is 54.4 Å². The first-order valence-electron chi connectivity index (χ1n) is 8.91. The van der Waals surface area contributed by atoms with Crippen molar-refractivity contribution >= 4 is 23.3 Å². The van der Waals surface area contributed by atoms with Crippen molar-refractivity contribution in [1.29, 1.82) is 5.26 Å². The number of halogens is 1. The second kappa shape index (κ2) is 8.72. The van der Waals surface area contributed by atoms with Crippen LogP contribution in [-0.2, 0) is 4.79 Å². The maximum atomic E-state index is 10.9. The normalized spacial score (nSPS) is 10.3. The number of aromatic nitrogens is 1. The SMILES string of the molecule is COc1ccc(-c2nc(N)c(C#N)c(-c3ccc(OCC(N)=O)c(Cl)c3)c2C)cc1. The van der Waals surface area contributed by atoms with Gasteiger partial charge in [-0.3, -0.25) is 4.79 Å². The number of nitrogen functional groups attached to an aromatic ring is 1. The maximum absolute atomic E-state index is 10.9. The number of carbonyl (C=O) groups excluding carboxylic acids is 1. The average molecular weight is 423 g/mol. The highest BCUT2D eigenvalue weighted by Gasteiger charge is 2.19. The molecule has 8 heteroatoms. The molecular weight excluding hydrogens is 404 g/mol. The first kappa shape index (κ1) is 21.0. The van der Waals surface area contributed by atoms with Crippen LogP contribution >= 0.6 is 11.6 Å². The topological polar surface area (TPSA) is 124 Å². The Kier molecular flexibility index (Phi) is 6.09. The number of anilines is 1. The fraction of sp³-hybridized carbons (Fsp3) is 0.136. The molecule has 2 aromatic carbocycles. The summed E-state index contributed by atoms with van der Waals surface area (Å²) in [6.07, 6.45) is 0. The van der Waals surface area contributed by atoms with Crippen LogP contribution in [0, 0.1) is 18.3 Å². The van der Waals surface area contributed by atoms with Crippen LogP contribution in [0.25, 0.3) is 22.4 Å². The van der Waals surface area contributed by atoms with E-state index in [1.165, 1.54) is 0 Å². The zero-order valence-corrected chi connectivity index (χ0v) is 17.2. The number of nitriles is 1. The lowest BCUT2D eigenvalue weighted by atomic mass is 9.92. The molecule has 0 aliphatic carbocycles. The molecule has 0 radical (unpaired) electrons. The van der Waals surface area contributed by atoms with E-state index in [1.807, 2.05) is 31.2 Å². The Morgan fingerprint density at radius 1 is 1.20 bits per heavy atom. The lowest BCUT2D eigenvalue weighted by molar-refractivity contribution is -0.119. The van der Waals surface area contributed by atoms with Gasteiger partial charge in [-0.1, -0.05) is 17.7 Å². The summed E-state index contributed by atoms with van der Waals surface area (Å²) in [6.45, 7) is 1.58. The van der Waals surface area contributed by atoms with Crippen molar-refractivity contribution in [3.8, 4) is 40.0 Å². The molecule has 0 unspecified atom stereocenters. The largest absolute Gasteiger partial charge is 0.497 e. The molecule has 0 saturated heterocycles.